The van der Waals surface area contributed by atoms with Gasteiger partial charge in [-0.25, -0.2) is 4.39 Å². The Bertz CT molecular complexity index is 520. The van der Waals surface area contributed by atoms with Crippen LogP contribution in [0.15, 0.2) is 42.7 Å². The Balaban J connectivity index is 2.55. The summed E-state index contributed by atoms with van der Waals surface area (Å²) in [7, 11) is 0. The van der Waals surface area contributed by atoms with Crippen LogP contribution >= 0.6 is 0 Å². The van der Waals surface area contributed by atoms with Gasteiger partial charge in [-0.1, -0.05) is 12.1 Å². The Kier molecular flexibility index (Phi) is 2.77. The molecule has 80 valence electrons. The number of hydrogen-bond donors (Lipinski definition) is 0. The molecule has 2 nitrogen and oxygen atoms in total. The topological polar surface area (TPSA) is 30.0 Å². The standard InChI is InChI=1S/C13H10FNO/c1-9(16)13-8-15-7-6-12(13)10-2-4-11(14)5-3-10/h2-8H,1H3. The van der Waals surface area contributed by atoms with Gasteiger partial charge in [-0.2, -0.15) is 0 Å². The highest BCUT2D eigenvalue weighted by molar-refractivity contribution is 6.00. The number of carbonyl (C=O) groups is 1. The van der Waals surface area contributed by atoms with Gasteiger partial charge >= 0.3 is 0 Å². The average molecular weight is 215 g/mol. The highest BCUT2D eigenvalue weighted by Gasteiger charge is 2.08. The fraction of sp³-hybridized carbons (Fsp3) is 0.0769. The lowest BCUT2D eigenvalue weighted by Crippen LogP contribution is -1.96. The summed E-state index contributed by atoms with van der Waals surface area (Å²) in [6.45, 7) is 1.49. The first-order valence-corrected chi connectivity index (χ1v) is 4.89. The van der Waals surface area contributed by atoms with Gasteiger partial charge in [-0.05, 0) is 36.2 Å². The molecule has 0 N–H and O–H groups in total. The number of benzene rings is 1. The van der Waals surface area contributed by atoms with Crippen molar-refractivity contribution in [3.63, 3.8) is 0 Å². The van der Waals surface area contributed by atoms with Crippen molar-refractivity contribution in [2.75, 3.05) is 0 Å². The minimum Gasteiger partial charge on any atom is -0.294 e. The minimum atomic E-state index is -0.290. The molecule has 0 saturated carbocycles. The van der Waals surface area contributed by atoms with Crippen LogP contribution in [0.4, 0.5) is 4.39 Å². The van der Waals surface area contributed by atoms with Gasteiger partial charge < -0.3 is 0 Å². The molecule has 0 bridgehead atoms. The first-order chi connectivity index (χ1) is 7.68. The number of nitrogens with zero attached hydrogens (tertiary/aromatic N) is 1. The largest absolute Gasteiger partial charge is 0.294 e. The molecule has 3 heteroatoms. The summed E-state index contributed by atoms with van der Waals surface area (Å²) in [6.07, 6.45) is 3.14. The lowest BCUT2D eigenvalue weighted by molar-refractivity contribution is 0.101. The number of pyridine rings is 1. The van der Waals surface area contributed by atoms with E-state index >= 15 is 0 Å². The molecule has 0 unspecified atom stereocenters. The molecule has 0 saturated heterocycles. The molecule has 0 aliphatic carbocycles. The van der Waals surface area contributed by atoms with E-state index in [1.54, 1.807) is 24.4 Å². The van der Waals surface area contributed by atoms with E-state index in [0.29, 0.717) is 5.56 Å². The summed E-state index contributed by atoms with van der Waals surface area (Å²) in [5, 5.41) is 0. The molecule has 2 aromatic rings. The fourth-order valence-electron chi connectivity index (χ4n) is 1.56. The van der Waals surface area contributed by atoms with Gasteiger partial charge in [0.05, 0.1) is 0 Å². The SMILES string of the molecule is CC(=O)c1cnccc1-c1ccc(F)cc1. The Hall–Kier alpha value is -2.03. The third-order valence-corrected chi connectivity index (χ3v) is 2.36. The Labute approximate surface area is 92.8 Å². The van der Waals surface area contributed by atoms with Crippen LogP contribution < -0.4 is 0 Å². The van der Waals surface area contributed by atoms with Crippen molar-refractivity contribution in [3.05, 3.63) is 54.1 Å². The van der Waals surface area contributed by atoms with Crippen LogP contribution in [0.1, 0.15) is 17.3 Å². The number of halogens is 1. The zero-order valence-electron chi connectivity index (χ0n) is 8.77. The quantitative estimate of drug-likeness (QED) is 0.720. The summed E-state index contributed by atoms with van der Waals surface area (Å²) in [5.74, 6) is -0.338. The van der Waals surface area contributed by atoms with Crippen LogP contribution in [-0.4, -0.2) is 10.8 Å². The van der Waals surface area contributed by atoms with E-state index in [9.17, 15) is 9.18 Å². The van der Waals surface area contributed by atoms with Gasteiger partial charge in [0.25, 0.3) is 0 Å². The summed E-state index contributed by atoms with van der Waals surface area (Å²) < 4.78 is 12.8. The number of ketones is 1. The smallest absolute Gasteiger partial charge is 0.161 e. The molecule has 0 atom stereocenters. The van der Waals surface area contributed by atoms with Gasteiger partial charge in [0.1, 0.15) is 5.82 Å². The fourth-order valence-corrected chi connectivity index (χ4v) is 1.56. The molecule has 1 aromatic carbocycles. The van der Waals surface area contributed by atoms with E-state index < -0.39 is 0 Å². The molecule has 1 heterocycles. The Morgan fingerprint density at radius 3 is 2.50 bits per heavy atom. The van der Waals surface area contributed by atoms with Crippen molar-refractivity contribution in [2.45, 2.75) is 6.92 Å². The number of hydrogen-bond acceptors (Lipinski definition) is 2. The van der Waals surface area contributed by atoms with Gasteiger partial charge in [-0.3, -0.25) is 9.78 Å². The maximum atomic E-state index is 12.8. The van der Waals surface area contributed by atoms with Crippen molar-refractivity contribution in [2.24, 2.45) is 0 Å². The molecule has 0 aliphatic heterocycles. The van der Waals surface area contributed by atoms with Crippen LogP contribution in [0.5, 0.6) is 0 Å². The van der Waals surface area contributed by atoms with Crippen LogP contribution in [0.25, 0.3) is 11.1 Å². The van der Waals surface area contributed by atoms with Gasteiger partial charge in [0, 0.05) is 18.0 Å². The molecule has 2 rings (SSSR count). The summed E-state index contributed by atoms with van der Waals surface area (Å²) in [5.41, 5.74) is 2.14. The van der Waals surface area contributed by atoms with Crippen LogP contribution in [0.3, 0.4) is 0 Å². The number of rotatable bonds is 2. The van der Waals surface area contributed by atoms with Crippen molar-refractivity contribution in [3.8, 4) is 11.1 Å². The predicted molar refractivity (Wildman–Crippen MR) is 59.6 cm³/mol. The minimum absolute atomic E-state index is 0.0487. The van der Waals surface area contributed by atoms with Gasteiger partial charge in [0.15, 0.2) is 5.78 Å². The van der Waals surface area contributed by atoms with Crippen LogP contribution in [-0.2, 0) is 0 Å². The predicted octanol–water partition coefficient (Wildman–Crippen LogP) is 3.09. The van der Waals surface area contributed by atoms with E-state index in [1.807, 2.05) is 0 Å². The summed E-state index contributed by atoms with van der Waals surface area (Å²) in [6, 6.07) is 7.80. The zero-order chi connectivity index (χ0) is 11.5. The number of Topliss-reactive ketones (excluding diaryl/α,β-unsaturated/α-hetero) is 1. The van der Waals surface area contributed by atoms with Crippen molar-refractivity contribution < 1.29 is 9.18 Å². The summed E-state index contributed by atoms with van der Waals surface area (Å²) >= 11 is 0. The third-order valence-electron chi connectivity index (χ3n) is 2.36. The van der Waals surface area contributed by atoms with E-state index in [2.05, 4.69) is 4.98 Å². The van der Waals surface area contributed by atoms with Crippen LogP contribution in [0, 0.1) is 5.82 Å². The van der Waals surface area contributed by atoms with Crippen molar-refractivity contribution in [1.29, 1.82) is 0 Å². The van der Waals surface area contributed by atoms with E-state index in [1.165, 1.54) is 25.3 Å². The second kappa shape index (κ2) is 4.23. The average Bonchev–Trinajstić information content (AvgIpc) is 2.30. The molecular weight excluding hydrogens is 205 g/mol. The maximum absolute atomic E-state index is 12.8. The second-order valence-corrected chi connectivity index (χ2v) is 3.48. The first-order valence-electron chi connectivity index (χ1n) is 4.89. The van der Waals surface area contributed by atoms with Gasteiger partial charge in [-0.15, -0.1) is 0 Å². The molecule has 0 spiro atoms. The normalized spacial score (nSPS) is 10.1. The Morgan fingerprint density at radius 1 is 1.19 bits per heavy atom. The molecule has 0 radical (unpaired) electrons. The lowest BCUT2D eigenvalue weighted by Gasteiger charge is -2.05. The maximum Gasteiger partial charge on any atom is 0.161 e. The van der Waals surface area contributed by atoms with Crippen molar-refractivity contribution >= 4 is 5.78 Å². The molecule has 16 heavy (non-hydrogen) atoms. The van der Waals surface area contributed by atoms with E-state index in [-0.39, 0.29) is 11.6 Å². The number of aromatic nitrogens is 1. The van der Waals surface area contributed by atoms with E-state index in [0.717, 1.165) is 11.1 Å². The third kappa shape index (κ3) is 1.98. The molecular formula is C13H10FNO. The summed E-state index contributed by atoms with van der Waals surface area (Å²) in [4.78, 5) is 15.3. The molecule has 0 amide bonds. The van der Waals surface area contributed by atoms with Crippen LogP contribution in [0.2, 0.25) is 0 Å². The number of carbonyl (C=O) groups excluding carboxylic acids is 1. The zero-order valence-corrected chi connectivity index (χ0v) is 8.77. The highest BCUT2D eigenvalue weighted by atomic mass is 19.1. The molecule has 0 aliphatic rings. The second-order valence-electron chi connectivity index (χ2n) is 3.48. The molecule has 0 fully saturated rings. The van der Waals surface area contributed by atoms with Crippen molar-refractivity contribution in [1.82, 2.24) is 4.98 Å². The first kappa shape index (κ1) is 10.5. The Morgan fingerprint density at radius 2 is 1.88 bits per heavy atom. The lowest BCUT2D eigenvalue weighted by atomic mass is 10.00. The van der Waals surface area contributed by atoms with Gasteiger partial charge in [0.2, 0.25) is 0 Å². The molecule has 1 aromatic heterocycles. The highest BCUT2D eigenvalue weighted by Crippen LogP contribution is 2.23. The van der Waals surface area contributed by atoms with E-state index in [4.69, 9.17) is 0 Å². The monoisotopic (exact) mass is 215 g/mol.